The summed E-state index contributed by atoms with van der Waals surface area (Å²) in [5.41, 5.74) is 1.41. The number of hydrogen-bond donors (Lipinski definition) is 1. The van der Waals surface area contributed by atoms with Crippen LogP contribution in [-0.2, 0) is 30.3 Å². The van der Waals surface area contributed by atoms with Crippen molar-refractivity contribution in [1.82, 2.24) is 9.78 Å². The van der Waals surface area contributed by atoms with Crippen LogP contribution in [-0.4, -0.2) is 56.0 Å². The van der Waals surface area contributed by atoms with E-state index in [-0.39, 0.29) is 47.1 Å². The van der Waals surface area contributed by atoms with Crippen molar-refractivity contribution in [2.24, 2.45) is 28.6 Å². The van der Waals surface area contributed by atoms with Crippen LogP contribution in [0.1, 0.15) is 71.1 Å². The van der Waals surface area contributed by atoms with Gasteiger partial charge in [0, 0.05) is 12.3 Å². The molecule has 1 N–H and O–H groups in total. The Morgan fingerprint density at radius 1 is 1.19 bits per heavy atom. The topological polar surface area (TPSA) is 108 Å². The van der Waals surface area contributed by atoms with Gasteiger partial charge in [-0.3, -0.25) is 9.59 Å². The Kier molecular flexibility index (Phi) is 7.60. The summed E-state index contributed by atoms with van der Waals surface area (Å²) in [5, 5.41) is 16.4. The molecular formula is C33H39FN2O6S. The number of fused-ring (bicyclic) bond motifs is 6. The molecule has 230 valence electrons. The van der Waals surface area contributed by atoms with Gasteiger partial charge in [-0.25, -0.2) is 13.9 Å². The fourth-order valence-corrected chi connectivity index (χ4v) is 9.66. The summed E-state index contributed by atoms with van der Waals surface area (Å²) in [6, 6.07) is 6.30. The molecule has 7 atom stereocenters. The lowest BCUT2D eigenvalue weighted by molar-refractivity contribution is -0.213. The molecule has 0 saturated heterocycles. The van der Waals surface area contributed by atoms with Crippen molar-refractivity contribution in [1.29, 1.82) is 0 Å². The summed E-state index contributed by atoms with van der Waals surface area (Å²) in [7, 11) is 0. The molecule has 43 heavy (non-hydrogen) atoms. The second-order valence-electron chi connectivity index (χ2n) is 13.1. The molecule has 1 aromatic heterocycles. The fraction of sp³-hybridized carbons (Fsp3) is 0.576. The van der Waals surface area contributed by atoms with Gasteiger partial charge in [0.05, 0.1) is 23.7 Å². The van der Waals surface area contributed by atoms with Crippen molar-refractivity contribution in [2.45, 2.75) is 77.9 Å². The number of ether oxygens (including phenoxy) is 2. The highest BCUT2D eigenvalue weighted by atomic mass is 32.2. The highest BCUT2D eigenvalue weighted by Crippen LogP contribution is 2.68. The Morgan fingerprint density at radius 2 is 1.93 bits per heavy atom. The zero-order valence-corrected chi connectivity index (χ0v) is 25.9. The van der Waals surface area contributed by atoms with Gasteiger partial charge in [-0.05, 0) is 103 Å². The minimum Gasteiger partial charge on any atom is -0.454 e. The van der Waals surface area contributed by atoms with E-state index in [0.29, 0.717) is 25.0 Å². The molecule has 5 unspecified atom stereocenters. The summed E-state index contributed by atoms with van der Waals surface area (Å²) in [6.07, 6.45) is 6.95. The lowest BCUT2D eigenvalue weighted by Crippen LogP contribution is -2.63. The summed E-state index contributed by atoms with van der Waals surface area (Å²) < 4.78 is 26.8. The van der Waals surface area contributed by atoms with E-state index in [1.165, 1.54) is 24.6 Å². The molecule has 0 amide bonds. The zero-order valence-electron chi connectivity index (χ0n) is 25.1. The molecule has 3 fully saturated rings. The van der Waals surface area contributed by atoms with Gasteiger partial charge in [0.15, 0.2) is 6.61 Å². The SMILES string of the molecule is CCSC(=O)COC(=O)C1(OC(C)=O)CC[C@H]2C3CCC4=Cc5c(cnn5-c5ccc(F)cc5)CC4(C)[C@H]3C(O)CC21C. The number of nitrogens with zero attached hydrogens (tertiary/aromatic N) is 2. The Morgan fingerprint density at radius 3 is 2.63 bits per heavy atom. The van der Waals surface area contributed by atoms with Crippen LogP contribution in [0.25, 0.3) is 11.8 Å². The fourth-order valence-electron chi connectivity index (χ4n) is 9.19. The number of thioether (sulfide) groups is 1. The monoisotopic (exact) mass is 610 g/mol. The molecule has 1 heterocycles. The van der Waals surface area contributed by atoms with E-state index in [2.05, 4.69) is 18.1 Å². The van der Waals surface area contributed by atoms with Crippen molar-refractivity contribution in [3.05, 3.63) is 53.1 Å². The number of hydrogen-bond acceptors (Lipinski definition) is 8. The minimum absolute atomic E-state index is 0.0234. The molecule has 2 aromatic rings. The number of aromatic nitrogens is 2. The summed E-state index contributed by atoms with van der Waals surface area (Å²) >= 11 is 1.08. The maximum absolute atomic E-state index is 13.7. The van der Waals surface area contributed by atoms with Gasteiger partial charge in [0.2, 0.25) is 10.7 Å². The van der Waals surface area contributed by atoms with Gasteiger partial charge >= 0.3 is 11.9 Å². The van der Waals surface area contributed by atoms with Gasteiger partial charge < -0.3 is 14.6 Å². The third-order valence-corrected chi connectivity index (χ3v) is 11.6. The molecular weight excluding hydrogens is 571 g/mol. The predicted octanol–water partition coefficient (Wildman–Crippen LogP) is 5.29. The van der Waals surface area contributed by atoms with E-state index in [1.807, 2.05) is 24.7 Å². The number of carbonyl (C=O) groups excluding carboxylic acids is 3. The number of aliphatic hydroxyl groups excluding tert-OH is 1. The van der Waals surface area contributed by atoms with E-state index in [0.717, 1.165) is 41.5 Å². The Bertz CT molecular complexity index is 1490. The number of allylic oxidation sites excluding steroid dienone is 1. The van der Waals surface area contributed by atoms with Crippen LogP contribution in [0.3, 0.4) is 0 Å². The van der Waals surface area contributed by atoms with Crippen LogP contribution in [0.4, 0.5) is 4.39 Å². The van der Waals surface area contributed by atoms with E-state index in [4.69, 9.17) is 9.47 Å². The first-order chi connectivity index (χ1) is 20.4. The first kappa shape index (κ1) is 30.1. The normalized spacial score (nSPS) is 34.2. The van der Waals surface area contributed by atoms with Crippen LogP contribution < -0.4 is 0 Å². The van der Waals surface area contributed by atoms with E-state index in [9.17, 15) is 23.9 Å². The van der Waals surface area contributed by atoms with Gasteiger partial charge in [-0.15, -0.1) is 0 Å². The highest BCUT2D eigenvalue weighted by molar-refractivity contribution is 8.13. The summed E-state index contributed by atoms with van der Waals surface area (Å²) in [4.78, 5) is 38.3. The standard InChI is InChI=1S/C33H39FN2O6S/c1-5-43-28(39)18-41-30(40)33(42-19(2)37)13-12-25-24-11-6-21-14-26-20(17-35-36(26)23-9-7-22(34)8-10-23)15-31(21,3)29(24)27(38)16-32(25,33)4/h7-10,14,17,24-25,27,29,38H,5-6,11-13,15-16,18H2,1-4H3/t24?,25-,27?,29+,31?,32?,33?/m0/s1. The third kappa shape index (κ3) is 4.67. The first-order valence-corrected chi connectivity index (χ1v) is 16.2. The first-order valence-electron chi connectivity index (χ1n) is 15.2. The molecule has 3 saturated carbocycles. The summed E-state index contributed by atoms with van der Waals surface area (Å²) in [5.74, 6) is -0.925. The lowest BCUT2D eigenvalue weighted by atomic mass is 9.45. The van der Waals surface area contributed by atoms with Crippen molar-refractivity contribution in [3.63, 3.8) is 0 Å². The molecule has 10 heteroatoms. The van der Waals surface area contributed by atoms with E-state index < -0.39 is 29.1 Å². The van der Waals surface area contributed by atoms with Crippen molar-refractivity contribution < 1.29 is 33.4 Å². The summed E-state index contributed by atoms with van der Waals surface area (Å²) in [6.45, 7) is 6.95. The van der Waals surface area contributed by atoms with Gasteiger partial charge in [0.25, 0.3) is 0 Å². The van der Waals surface area contributed by atoms with Crippen molar-refractivity contribution in [2.75, 3.05) is 12.4 Å². The van der Waals surface area contributed by atoms with E-state index in [1.54, 1.807) is 12.1 Å². The van der Waals surface area contributed by atoms with Gasteiger partial charge in [-0.2, -0.15) is 5.10 Å². The van der Waals surface area contributed by atoms with Crippen LogP contribution in [0.2, 0.25) is 0 Å². The average molecular weight is 611 g/mol. The minimum atomic E-state index is -1.56. The molecule has 1 aromatic carbocycles. The van der Waals surface area contributed by atoms with Crippen molar-refractivity contribution >= 4 is 34.9 Å². The predicted molar refractivity (Wildman–Crippen MR) is 160 cm³/mol. The lowest BCUT2D eigenvalue weighted by Gasteiger charge is -2.60. The zero-order chi connectivity index (χ0) is 30.7. The molecule has 0 bridgehead atoms. The van der Waals surface area contributed by atoms with Gasteiger partial charge in [-0.1, -0.05) is 38.1 Å². The molecule has 8 nitrogen and oxygen atoms in total. The number of esters is 2. The second-order valence-corrected chi connectivity index (χ2v) is 14.4. The number of aliphatic hydroxyl groups is 1. The molecule has 0 aliphatic heterocycles. The highest BCUT2D eigenvalue weighted by Gasteiger charge is 2.71. The van der Waals surface area contributed by atoms with E-state index >= 15 is 0 Å². The quantitative estimate of drug-likeness (QED) is 0.440. The Balaban J connectivity index is 1.31. The van der Waals surface area contributed by atoms with Crippen LogP contribution in [0.5, 0.6) is 0 Å². The Labute approximate surface area is 255 Å². The molecule has 6 rings (SSSR count). The second kappa shape index (κ2) is 10.9. The maximum atomic E-state index is 13.7. The number of benzene rings is 1. The number of rotatable bonds is 6. The molecule has 0 spiro atoms. The Hall–Kier alpha value is -2.98. The van der Waals surface area contributed by atoms with Crippen LogP contribution >= 0.6 is 11.8 Å². The third-order valence-electron chi connectivity index (χ3n) is 10.9. The molecule has 0 radical (unpaired) electrons. The number of carbonyl (C=O) groups is 3. The van der Waals surface area contributed by atoms with Crippen LogP contribution in [0, 0.1) is 34.4 Å². The van der Waals surface area contributed by atoms with Gasteiger partial charge in [0.1, 0.15) is 5.82 Å². The largest absolute Gasteiger partial charge is 0.454 e. The maximum Gasteiger partial charge on any atom is 0.351 e. The molecule has 4 aliphatic rings. The number of halogens is 1. The van der Waals surface area contributed by atoms with Crippen molar-refractivity contribution in [3.8, 4) is 5.69 Å². The smallest absolute Gasteiger partial charge is 0.351 e. The molecule has 4 aliphatic carbocycles. The van der Waals surface area contributed by atoms with Crippen LogP contribution in [0.15, 0.2) is 36.0 Å². The average Bonchev–Trinajstić information content (AvgIpc) is 3.48.